The molecule has 0 aliphatic rings. The van der Waals surface area contributed by atoms with Gasteiger partial charge in [-0.1, -0.05) is 23.9 Å². The van der Waals surface area contributed by atoms with Gasteiger partial charge in [0.25, 0.3) is 0 Å². The second-order valence-corrected chi connectivity index (χ2v) is 8.18. The number of methoxy groups -OCH3 is 2. The van der Waals surface area contributed by atoms with Gasteiger partial charge in [-0.3, -0.25) is 4.79 Å². The highest BCUT2D eigenvalue weighted by molar-refractivity contribution is 7.99. The molecular weight excluding hydrogens is 420 g/mol. The average molecular weight is 441 g/mol. The number of carbonyl (C=O) groups excluding carboxylic acids is 1. The fourth-order valence-electron chi connectivity index (χ4n) is 3.00. The Morgan fingerprint density at radius 3 is 2.77 bits per heavy atom. The Balaban J connectivity index is 1.42. The van der Waals surface area contributed by atoms with Crippen LogP contribution in [-0.4, -0.2) is 40.4 Å². The lowest BCUT2D eigenvalue weighted by molar-refractivity contribution is -0.113. The molecule has 1 amide bonds. The van der Waals surface area contributed by atoms with Gasteiger partial charge in [0.1, 0.15) is 11.5 Å². The molecule has 0 saturated heterocycles. The molecule has 2 aromatic carbocycles. The Labute approximate surface area is 182 Å². The molecule has 0 atom stereocenters. The van der Waals surface area contributed by atoms with E-state index in [0.717, 1.165) is 27.4 Å². The molecule has 0 aliphatic carbocycles. The Bertz CT molecular complexity index is 1200. The number of thioether (sulfide) groups is 1. The Hall–Kier alpha value is -3.04. The van der Waals surface area contributed by atoms with Gasteiger partial charge in [0.2, 0.25) is 5.91 Å². The first-order valence-electron chi connectivity index (χ1n) is 9.11. The van der Waals surface area contributed by atoms with Crippen LogP contribution < -0.4 is 14.8 Å². The van der Waals surface area contributed by atoms with Crippen molar-refractivity contribution < 1.29 is 14.3 Å². The number of anilines is 1. The maximum Gasteiger partial charge on any atom is 0.236 e. The largest absolute Gasteiger partial charge is 0.497 e. The van der Waals surface area contributed by atoms with E-state index in [1.807, 2.05) is 53.4 Å². The van der Waals surface area contributed by atoms with Crippen LogP contribution in [0.4, 0.5) is 5.13 Å². The van der Waals surface area contributed by atoms with Crippen molar-refractivity contribution in [3.63, 3.8) is 0 Å². The molecule has 0 aliphatic heterocycles. The minimum Gasteiger partial charge on any atom is -0.497 e. The monoisotopic (exact) mass is 440 g/mol. The number of hydrogen-bond donors (Lipinski definition) is 1. The smallest absolute Gasteiger partial charge is 0.236 e. The summed E-state index contributed by atoms with van der Waals surface area (Å²) in [6.45, 7) is 0. The van der Waals surface area contributed by atoms with Crippen LogP contribution in [0.1, 0.15) is 0 Å². The van der Waals surface area contributed by atoms with Gasteiger partial charge >= 0.3 is 0 Å². The predicted octanol–water partition coefficient (Wildman–Crippen LogP) is 4.44. The lowest BCUT2D eigenvalue weighted by Crippen LogP contribution is -2.14. The summed E-state index contributed by atoms with van der Waals surface area (Å²) in [5, 5.41) is 6.09. The van der Waals surface area contributed by atoms with E-state index in [1.54, 1.807) is 20.3 Å². The molecule has 30 heavy (non-hydrogen) atoms. The highest BCUT2D eigenvalue weighted by Gasteiger charge is 2.14. The van der Waals surface area contributed by atoms with Gasteiger partial charge in [-0.15, -0.1) is 11.3 Å². The number of aryl methyl sites for hydroxylation is 1. The summed E-state index contributed by atoms with van der Waals surface area (Å²) in [5.74, 6) is 1.49. The van der Waals surface area contributed by atoms with Crippen molar-refractivity contribution in [2.75, 3.05) is 25.3 Å². The van der Waals surface area contributed by atoms with Gasteiger partial charge in [-0.25, -0.2) is 9.97 Å². The van der Waals surface area contributed by atoms with Gasteiger partial charge in [0, 0.05) is 24.1 Å². The quantitative estimate of drug-likeness (QED) is 0.428. The minimum atomic E-state index is -0.130. The van der Waals surface area contributed by atoms with Crippen molar-refractivity contribution in [2.45, 2.75) is 5.16 Å². The number of thiazole rings is 1. The molecule has 2 heterocycles. The zero-order valence-corrected chi connectivity index (χ0v) is 18.3. The first-order valence-corrected chi connectivity index (χ1v) is 11.0. The van der Waals surface area contributed by atoms with Crippen LogP contribution in [0.15, 0.2) is 53.0 Å². The Morgan fingerprint density at radius 1 is 1.17 bits per heavy atom. The van der Waals surface area contributed by atoms with Gasteiger partial charge in [-0.2, -0.15) is 0 Å². The first kappa shape index (κ1) is 20.2. The van der Waals surface area contributed by atoms with Crippen molar-refractivity contribution in [3.8, 4) is 22.8 Å². The molecule has 0 fully saturated rings. The maximum absolute atomic E-state index is 12.4. The van der Waals surface area contributed by atoms with E-state index < -0.39 is 0 Å². The van der Waals surface area contributed by atoms with E-state index in [-0.39, 0.29) is 11.7 Å². The molecule has 1 N–H and O–H groups in total. The molecule has 0 unspecified atom stereocenters. The van der Waals surface area contributed by atoms with Crippen LogP contribution in [0.25, 0.3) is 22.3 Å². The van der Waals surface area contributed by atoms with Crippen molar-refractivity contribution in [1.82, 2.24) is 14.5 Å². The van der Waals surface area contributed by atoms with Gasteiger partial charge in [-0.05, 0) is 24.3 Å². The summed E-state index contributed by atoms with van der Waals surface area (Å²) in [6, 6.07) is 13.4. The number of imidazole rings is 1. The molecule has 4 rings (SSSR count). The summed E-state index contributed by atoms with van der Waals surface area (Å²) in [7, 11) is 5.16. The van der Waals surface area contributed by atoms with Crippen molar-refractivity contribution >= 4 is 45.2 Å². The summed E-state index contributed by atoms with van der Waals surface area (Å²) in [5.41, 5.74) is 3.53. The molecule has 7 nitrogen and oxygen atoms in total. The molecule has 4 aromatic rings. The third kappa shape index (κ3) is 4.12. The lowest BCUT2D eigenvalue weighted by Gasteiger charge is -2.08. The van der Waals surface area contributed by atoms with Gasteiger partial charge in [0.05, 0.1) is 36.7 Å². The molecular formula is C21H20N4O3S2. The zero-order valence-electron chi connectivity index (χ0n) is 16.7. The van der Waals surface area contributed by atoms with E-state index in [0.29, 0.717) is 16.6 Å². The number of carbonyl (C=O) groups is 1. The van der Waals surface area contributed by atoms with Gasteiger partial charge < -0.3 is 19.4 Å². The second-order valence-electron chi connectivity index (χ2n) is 6.38. The van der Waals surface area contributed by atoms with Crippen molar-refractivity contribution in [2.24, 2.45) is 7.05 Å². The number of para-hydroxylation sites is 2. The molecule has 2 aromatic heterocycles. The summed E-state index contributed by atoms with van der Waals surface area (Å²) in [6.07, 6.45) is 0. The molecule has 0 spiro atoms. The number of hydrogen-bond acceptors (Lipinski definition) is 7. The van der Waals surface area contributed by atoms with Crippen molar-refractivity contribution in [1.29, 1.82) is 0 Å². The second kappa shape index (κ2) is 8.76. The average Bonchev–Trinajstić information content (AvgIpc) is 3.36. The minimum absolute atomic E-state index is 0.130. The number of amides is 1. The summed E-state index contributed by atoms with van der Waals surface area (Å²) in [4.78, 5) is 21.5. The standard InChI is InChI=1S/C21H20N4O3S2/c1-25-17-7-5-4-6-15(17)23-21(25)30-12-19(26)24-20-22-16(11-29-20)14-9-8-13(27-2)10-18(14)28-3/h4-11H,12H2,1-3H3,(H,22,24,26). The molecule has 0 saturated carbocycles. The Kier molecular flexibility index (Phi) is 5.91. The van der Waals surface area contributed by atoms with Crippen LogP contribution in [-0.2, 0) is 11.8 Å². The van der Waals surface area contributed by atoms with E-state index in [4.69, 9.17) is 9.47 Å². The van der Waals surface area contributed by atoms with Crippen molar-refractivity contribution in [3.05, 3.63) is 47.8 Å². The third-order valence-electron chi connectivity index (χ3n) is 4.51. The van der Waals surface area contributed by atoms with E-state index in [9.17, 15) is 4.79 Å². The number of benzene rings is 2. The number of fused-ring (bicyclic) bond motifs is 1. The molecule has 0 bridgehead atoms. The normalized spacial score (nSPS) is 10.9. The predicted molar refractivity (Wildman–Crippen MR) is 121 cm³/mol. The number of nitrogens with zero attached hydrogens (tertiary/aromatic N) is 3. The van der Waals surface area contributed by atoms with Gasteiger partial charge in [0.15, 0.2) is 10.3 Å². The van der Waals surface area contributed by atoms with Crippen LogP contribution in [0.3, 0.4) is 0 Å². The molecule has 9 heteroatoms. The highest BCUT2D eigenvalue weighted by Crippen LogP contribution is 2.35. The number of aromatic nitrogens is 3. The first-order chi connectivity index (χ1) is 14.6. The molecule has 0 radical (unpaired) electrons. The van der Waals surface area contributed by atoms with Crippen LogP contribution in [0.2, 0.25) is 0 Å². The number of ether oxygens (including phenoxy) is 2. The zero-order chi connectivity index (χ0) is 21.1. The fourth-order valence-corrected chi connectivity index (χ4v) is 4.52. The number of rotatable bonds is 7. The molecule has 154 valence electrons. The highest BCUT2D eigenvalue weighted by atomic mass is 32.2. The van der Waals surface area contributed by atoms with Crippen LogP contribution >= 0.6 is 23.1 Å². The van der Waals surface area contributed by atoms with Crippen LogP contribution in [0, 0.1) is 0 Å². The fraction of sp³-hybridized carbons (Fsp3) is 0.190. The summed E-state index contributed by atoms with van der Waals surface area (Å²) >= 11 is 2.77. The van der Waals surface area contributed by atoms with E-state index in [2.05, 4.69) is 15.3 Å². The maximum atomic E-state index is 12.4. The van der Waals surface area contributed by atoms with E-state index in [1.165, 1.54) is 23.1 Å². The summed E-state index contributed by atoms with van der Waals surface area (Å²) < 4.78 is 12.7. The number of nitrogens with one attached hydrogen (secondary N) is 1. The Morgan fingerprint density at radius 2 is 2.00 bits per heavy atom. The topological polar surface area (TPSA) is 78.3 Å². The SMILES string of the molecule is COc1ccc(-c2csc(NC(=O)CSc3nc4ccccc4n3C)n2)c(OC)c1. The van der Waals surface area contributed by atoms with Crippen LogP contribution in [0.5, 0.6) is 11.5 Å². The third-order valence-corrected chi connectivity index (χ3v) is 6.30. The van der Waals surface area contributed by atoms with E-state index >= 15 is 0 Å². The lowest BCUT2D eigenvalue weighted by atomic mass is 10.1.